The van der Waals surface area contributed by atoms with Crippen LogP contribution >= 0.6 is 0 Å². The predicted molar refractivity (Wildman–Crippen MR) is 84.8 cm³/mol. The summed E-state index contributed by atoms with van der Waals surface area (Å²) in [5.41, 5.74) is 1.44. The molecule has 2 rings (SSSR count). The van der Waals surface area contributed by atoms with E-state index >= 15 is 0 Å². The summed E-state index contributed by atoms with van der Waals surface area (Å²) in [6.45, 7) is 0.297. The Kier molecular flexibility index (Phi) is 5.48. The molecule has 0 bridgehead atoms. The number of nitrogens with one attached hydrogen (secondary N) is 1. The minimum absolute atomic E-state index is 0.0369. The summed E-state index contributed by atoms with van der Waals surface area (Å²) in [7, 11) is 1.58. The van der Waals surface area contributed by atoms with Gasteiger partial charge < -0.3 is 10.1 Å². The smallest absolute Gasteiger partial charge is 0.262 e. The van der Waals surface area contributed by atoms with E-state index in [4.69, 9.17) is 10.00 Å². The van der Waals surface area contributed by atoms with Crippen LogP contribution in [0.25, 0.3) is 6.08 Å². The Morgan fingerprint density at radius 3 is 2.43 bits per heavy atom. The van der Waals surface area contributed by atoms with Crippen LogP contribution in [0, 0.1) is 17.1 Å². The van der Waals surface area contributed by atoms with Crippen molar-refractivity contribution < 1.29 is 13.9 Å². The van der Waals surface area contributed by atoms with Crippen molar-refractivity contribution in [3.8, 4) is 11.8 Å². The Morgan fingerprint density at radius 2 is 1.87 bits per heavy atom. The van der Waals surface area contributed by atoms with Gasteiger partial charge in [-0.05, 0) is 41.5 Å². The van der Waals surface area contributed by atoms with Crippen molar-refractivity contribution in [1.29, 1.82) is 5.26 Å². The first-order valence-electron chi connectivity index (χ1n) is 6.91. The molecular weight excluding hydrogens is 295 g/mol. The van der Waals surface area contributed by atoms with E-state index in [9.17, 15) is 9.18 Å². The van der Waals surface area contributed by atoms with Gasteiger partial charge in [0.2, 0.25) is 0 Å². The Balaban J connectivity index is 2.02. The van der Waals surface area contributed by atoms with Gasteiger partial charge in [0.15, 0.2) is 0 Å². The monoisotopic (exact) mass is 310 g/mol. The summed E-state index contributed by atoms with van der Waals surface area (Å²) < 4.78 is 17.9. The molecule has 0 atom stereocenters. The Hall–Kier alpha value is -3.13. The van der Waals surface area contributed by atoms with Crippen molar-refractivity contribution in [3.05, 3.63) is 71.0 Å². The lowest BCUT2D eigenvalue weighted by atomic mass is 10.1. The van der Waals surface area contributed by atoms with Crippen molar-refractivity contribution in [2.45, 2.75) is 6.54 Å². The zero-order valence-corrected chi connectivity index (χ0v) is 12.5. The van der Waals surface area contributed by atoms with Gasteiger partial charge in [0.05, 0.1) is 7.11 Å². The second kappa shape index (κ2) is 7.76. The van der Waals surface area contributed by atoms with Crippen LogP contribution in [0.15, 0.2) is 54.1 Å². The lowest BCUT2D eigenvalue weighted by Crippen LogP contribution is -2.23. The summed E-state index contributed by atoms with van der Waals surface area (Å²) >= 11 is 0. The number of carbonyl (C=O) groups excluding carboxylic acids is 1. The molecular formula is C18H15FN2O2. The van der Waals surface area contributed by atoms with Gasteiger partial charge in [0, 0.05) is 6.54 Å². The summed E-state index contributed by atoms with van der Waals surface area (Å²) in [6.07, 6.45) is 1.42. The number of amides is 1. The van der Waals surface area contributed by atoms with Gasteiger partial charge >= 0.3 is 0 Å². The highest BCUT2D eigenvalue weighted by Gasteiger charge is 2.08. The van der Waals surface area contributed by atoms with E-state index in [-0.39, 0.29) is 11.4 Å². The molecule has 5 heteroatoms. The minimum atomic E-state index is -0.479. The third kappa shape index (κ3) is 4.68. The van der Waals surface area contributed by atoms with Crippen LogP contribution in [0.5, 0.6) is 5.75 Å². The maximum atomic E-state index is 12.9. The van der Waals surface area contributed by atoms with Gasteiger partial charge in [-0.3, -0.25) is 4.79 Å². The van der Waals surface area contributed by atoms with Gasteiger partial charge in [-0.2, -0.15) is 5.26 Å². The van der Waals surface area contributed by atoms with Crippen LogP contribution in [-0.2, 0) is 11.3 Å². The average molecular weight is 310 g/mol. The summed E-state index contributed by atoms with van der Waals surface area (Å²) in [5, 5.41) is 11.8. The van der Waals surface area contributed by atoms with Crippen LogP contribution in [0.2, 0.25) is 0 Å². The number of ether oxygens (including phenoxy) is 1. The Morgan fingerprint density at radius 1 is 1.22 bits per heavy atom. The summed E-state index contributed by atoms with van der Waals surface area (Å²) in [5.74, 6) is -0.119. The van der Waals surface area contributed by atoms with Crippen LogP contribution in [0.1, 0.15) is 11.1 Å². The molecule has 0 fully saturated rings. The number of halogens is 1. The first-order valence-corrected chi connectivity index (χ1v) is 6.91. The number of rotatable bonds is 5. The lowest BCUT2D eigenvalue weighted by Gasteiger charge is -2.06. The second-order valence-electron chi connectivity index (χ2n) is 4.75. The quantitative estimate of drug-likeness (QED) is 0.682. The maximum Gasteiger partial charge on any atom is 0.262 e. The molecule has 0 radical (unpaired) electrons. The molecule has 0 heterocycles. The van der Waals surface area contributed by atoms with Crippen LogP contribution in [0.4, 0.5) is 4.39 Å². The molecule has 2 aromatic carbocycles. The molecule has 116 valence electrons. The minimum Gasteiger partial charge on any atom is -0.497 e. The Bertz CT molecular complexity index is 744. The standard InChI is InChI=1S/C18H15FN2O2/c1-23-17-8-4-14(5-9-17)12-21-18(22)15(11-20)10-13-2-6-16(19)7-3-13/h2-10H,12H2,1H3,(H,21,22)/b15-10-. The molecule has 4 nitrogen and oxygen atoms in total. The zero-order valence-electron chi connectivity index (χ0n) is 12.5. The third-order valence-corrected chi connectivity index (χ3v) is 3.16. The molecule has 0 aromatic heterocycles. The SMILES string of the molecule is COc1ccc(CNC(=O)/C(C#N)=C\c2ccc(F)cc2)cc1. The first kappa shape index (κ1) is 16.2. The van der Waals surface area contributed by atoms with E-state index in [2.05, 4.69) is 5.32 Å². The number of hydrogen-bond donors (Lipinski definition) is 1. The fourth-order valence-electron chi connectivity index (χ4n) is 1.90. The first-order chi connectivity index (χ1) is 11.1. The number of nitriles is 1. The number of benzene rings is 2. The number of methoxy groups -OCH3 is 1. The molecule has 0 spiro atoms. The van der Waals surface area contributed by atoms with Gasteiger partial charge in [-0.1, -0.05) is 24.3 Å². The van der Waals surface area contributed by atoms with Gasteiger partial charge in [-0.25, -0.2) is 4.39 Å². The molecule has 0 saturated carbocycles. The highest BCUT2D eigenvalue weighted by molar-refractivity contribution is 6.01. The number of carbonyl (C=O) groups is 1. The van der Waals surface area contributed by atoms with E-state index in [1.54, 1.807) is 19.2 Å². The molecule has 23 heavy (non-hydrogen) atoms. The summed E-state index contributed by atoms with van der Waals surface area (Å²) in [4.78, 5) is 12.0. The summed E-state index contributed by atoms with van der Waals surface area (Å²) in [6, 6.07) is 14.7. The van der Waals surface area contributed by atoms with Gasteiger partial charge in [0.1, 0.15) is 23.2 Å². The molecule has 2 aromatic rings. The highest BCUT2D eigenvalue weighted by Crippen LogP contribution is 2.12. The van der Waals surface area contributed by atoms with E-state index in [0.29, 0.717) is 12.1 Å². The van der Waals surface area contributed by atoms with E-state index < -0.39 is 5.91 Å². The van der Waals surface area contributed by atoms with Gasteiger partial charge in [-0.15, -0.1) is 0 Å². The predicted octanol–water partition coefficient (Wildman–Crippen LogP) is 3.06. The largest absolute Gasteiger partial charge is 0.497 e. The van der Waals surface area contributed by atoms with E-state index in [1.165, 1.54) is 30.3 Å². The normalized spacial score (nSPS) is 10.7. The van der Waals surface area contributed by atoms with Crippen molar-refractivity contribution >= 4 is 12.0 Å². The third-order valence-electron chi connectivity index (χ3n) is 3.16. The van der Waals surface area contributed by atoms with E-state index in [1.807, 2.05) is 18.2 Å². The van der Waals surface area contributed by atoms with Crippen LogP contribution in [-0.4, -0.2) is 13.0 Å². The lowest BCUT2D eigenvalue weighted by molar-refractivity contribution is -0.117. The second-order valence-corrected chi connectivity index (χ2v) is 4.75. The van der Waals surface area contributed by atoms with Crippen molar-refractivity contribution in [2.75, 3.05) is 7.11 Å². The fourth-order valence-corrected chi connectivity index (χ4v) is 1.90. The number of hydrogen-bond acceptors (Lipinski definition) is 3. The van der Waals surface area contributed by atoms with Crippen LogP contribution in [0.3, 0.4) is 0 Å². The molecule has 0 unspecified atom stereocenters. The van der Waals surface area contributed by atoms with E-state index in [0.717, 1.165) is 11.3 Å². The molecule has 0 saturated heterocycles. The van der Waals surface area contributed by atoms with Crippen molar-refractivity contribution in [1.82, 2.24) is 5.32 Å². The van der Waals surface area contributed by atoms with Crippen LogP contribution < -0.4 is 10.1 Å². The molecule has 0 aliphatic heterocycles. The van der Waals surface area contributed by atoms with Crippen molar-refractivity contribution in [2.24, 2.45) is 0 Å². The molecule has 1 N–H and O–H groups in total. The average Bonchev–Trinajstić information content (AvgIpc) is 2.59. The number of nitrogens with zero attached hydrogens (tertiary/aromatic N) is 1. The zero-order chi connectivity index (χ0) is 16.7. The Labute approximate surface area is 133 Å². The highest BCUT2D eigenvalue weighted by atomic mass is 19.1. The maximum absolute atomic E-state index is 12.9. The fraction of sp³-hybridized carbons (Fsp3) is 0.111. The molecule has 0 aliphatic carbocycles. The van der Waals surface area contributed by atoms with Gasteiger partial charge in [0.25, 0.3) is 5.91 Å². The topological polar surface area (TPSA) is 62.1 Å². The molecule has 1 amide bonds. The van der Waals surface area contributed by atoms with Crippen molar-refractivity contribution in [3.63, 3.8) is 0 Å². The molecule has 0 aliphatic rings.